The van der Waals surface area contributed by atoms with E-state index in [1.54, 1.807) is 0 Å². The van der Waals surface area contributed by atoms with Crippen molar-refractivity contribution in [2.24, 2.45) is 5.92 Å². The van der Waals surface area contributed by atoms with Crippen molar-refractivity contribution >= 4 is 5.69 Å². The molecule has 2 aliphatic heterocycles. The summed E-state index contributed by atoms with van der Waals surface area (Å²) in [5.41, 5.74) is 1.39. The summed E-state index contributed by atoms with van der Waals surface area (Å²) in [5.74, 6) is 0.874. The number of anilines is 1. The average molecular weight is 202 g/mol. The Hall–Kier alpha value is -1.02. The molecule has 0 bridgehead atoms. The number of hydrogen-bond donors (Lipinski definition) is 1. The molecule has 15 heavy (non-hydrogen) atoms. The topological polar surface area (TPSA) is 15.3 Å². The van der Waals surface area contributed by atoms with Crippen LogP contribution in [0.3, 0.4) is 0 Å². The SMILES string of the molecule is c1ccc(N2CCC3NCCC3C2)cc1. The number of rotatable bonds is 1. The molecule has 80 valence electrons. The van der Waals surface area contributed by atoms with Crippen LogP contribution in [0.4, 0.5) is 5.69 Å². The molecule has 0 spiro atoms. The van der Waals surface area contributed by atoms with Gasteiger partial charge in [-0.15, -0.1) is 0 Å². The van der Waals surface area contributed by atoms with Crippen LogP contribution in [0.1, 0.15) is 12.8 Å². The highest BCUT2D eigenvalue weighted by Crippen LogP contribution is 2.27. The predicted octanol–water partition coefficient (Wildman–Crippen LogP) is 1.87. The van der Waals surface area contributed by atoms with Gasteiger partial charge in [0, 0.05) is 24.8 Å². The molecule has 2 nitrogen and oxygen atoms in total. The lowest BCUT2D eigenvalue weighted by Crippen LogP contribution is -2.44. The van der Waals surface area contributed by atoms with E-state index in [2.05, 4.69) is 40.5 Å². The maximum Gasteiger partial charge on any atom is 0.0366 e. The molecular formula is C13H18N2. The summed E-state index contributed by atoms with van der Waals surface area (Å²) >= 11 is 0. The molecule has 3 rings (SSSR count). The highest BCUT2D eigenvalue weighted by Gasteiger charge is 2.32. The van der Waals surface area contributed by atoms with Crippen molar-refractivity contribution in [2.45, 2.75) is 18.9 Å². The molecule has 2 aliphatic rings. The number of benzene rings is 1. The van der Waals surface area contributed by atoms with Crippen molar-refractivity contribution in [1.29, 1.82) is 0 Å². The molecule has 0 aliphatic carbocycles. The van der Waals surface area contributed by atoms with Crippen LogP contribution in [0.15, 0.2) is 30.3 Å². The number of para-hydroxylation sites is 1. The van der Waals surface area contributed by atoms with Gasteiger partial charge >= 0.3 is 0 Å². The zero-order valence-corrected chi connectivity index (χ0v) is 9.02. The molecule has 0 amide bonds. The van der Waals surface area contributed by atoms with E-state index in [0.717, 1.165) is 12.0 Å². The molecule has 2 heteroatoms. The molecule has 2 fully saturated rings. The highest BCUT2D eigenvalue weighted by molar-refractivity contribution is 5.46. The van der Waals surface area contributed by atoms with E-state index in [9.17, 15) is 0 Å². The van der Waals surface area contributed by atoms with Gasteiger partial charge in [-0.2, -0.15) is 0 Å². The van der Waals surface area contributed by atoms with Crippen LogP contribution < -0.4 is 10.2 Å². The fraction of sp³-hybridized carbons (Fsp3) is 0.538. The van der Waals surface area contributed by atoms with E-state index in [1.165, 1.54) is 38.2 Å². The van der Waals surface area contributed by atoms with E-state index in [4.69, 9.17) is 0 Å². The Labute approximate surface area is 91.3 Å². The summed E-state index contributed by atoms with van der Waals surface area (Å²) in [6.45, 7) is 3.66. The predicted molar refractivity (Wildman–Crippen MR) is 63.2 cm³/mol. The van der Waals surface area contributed by atoms with E-state index >= 15 is 0 Å². The summed E-state index contributed by atoms with van der Waals surface area (Å²) in [6, 6.07) is 11.6. The summed E-state index contributed by atoms with van der Waals surface area (Å²) in [4.78, 5) is 2.54. The normalized spacial score (nSPS) is 30.3. The Morgan fingerprint density at radius 3 is 2.87 bits per heavy atom. The van der Waals surface area contributed by atoms with Crippen LogP contribution in [0.5, 0.6) is 0 Å². The maximum atomic E-state index is 3.60. The largest absolute Gasteiger partial charge is 0.371 e. The fourth-order valence-electron chi connectivity index (χ4n) is 2.92. The minimum atomic E-state index is 0.796. The smallest absolute Gasteiger partial charge is 0.0366 e. The van der Waals surface area contributed by atoms with Gasteiger partial charge < -0.3 is 10.2 Å². The third kappa shape index (κ3) is 1.74. The summed E-state index contributed by atoms with van der Waals surface area (Å²) in [5, 5.41) is 3.60. The van der Waals surface area contributed by atoms with Crippen molar-refractivity contribution in [3.63, 3.8) is 0 Å². The van der Waals surface area contributed by atoms with Crippen LogP contribution in [0, 0.1) is 5.92 Å². The van der Waals surface area contributed by atoms with Crippen LogP contribution in [0.25, 0.3) is 0 Å². The van der Waals surface area contributed by atoms with Gasteiger partial charge in [0.2, 0.25) is 0 Å². The first-order valence-corrected chi connectivity index (χ1v) is 5.97. The second kappa shape index (κ2) is 3.86. The fourth-order valence-corrected chi connectivity index (χ4v) is 2.92. The zero-order chi connectivity index (χ0) is 10.1. The first kappa shape index (κ1) is 9.22. The second-order valence-electron chi connectivity index (χ2n) is 4.68. The van der Waals surface area contributed by atoms with Crippen molar-refractivity contribution in [3.05, 3.63) is 30.3 Å². The average Bonchev–Trinajstić information content (AvgIpc) is 2.77. The quantitative estimate of drug-likeness (QED) is 0.748. The lowest BCUT2D eigenvalue weighted by molar-refractivity contribution is 0.376. The van der Waals surface area contributed by atoms with E-state index in [-0.39, 0.29) is 0 Å². The lowest BCUT2D eigenvalue weighted by atomic mass is 9.93. The Morgan fingerprint density at radius 2 is 2.00 bits per heavy atom. The summed E-state index contributed by atoms with van der Waals surface area (Å²) < 4.78 is 0. The Kier molecular flexibility index (Phi) is 2.37. The molecule has 0 radical (unpaired) electrons. The van der Waals surface area contributed by atoms with Crippen molar-refractivity contribution in [1.82, 2.24) is 5.32 Å². The molecule has 2 unspecified atom stereocenters. The van der Waals surface area contributed by atoms with Gasteiger partial charge in [0.1, 0.15) is 0 Å². The number of nitrogens with one attached hydrogen (secondary N) is 1. The minimum absolute atomic E-state index is 0.796. The van der Waals surface area contributed by atoms with Crippen LogP contribution in [0.2, 0.25) is 0 Å². The minimum Gasteiger partial charge on any atom is -0.371 e. The van der Waals surface area contributed by atoms with Gasteiger partial charge in [-0.1, -0.05) is 18.2 Å². The molecule has 2 atom stereocenters. The van der Waals surface area contributed by atoms with E-state index in [0.29, 0.717) is 0 Å². The molecule has 0 aromatic heterocycles. The molecule has 2 heterocycles. The van der Waals surface area contributed by atoms with Crippen molar-refractivity contribution in [3.8, 4) is 0 Å². The molecular weight excluding hydrogens is 184 g/mol. The van der Waals surface area contributed by atoms with Crippen LogP contribution >= 0.6 is 0 Å². The van der Waals surface area contributed by atoms with Gasteiger partial charge in [0.05, 0.1) is 0 Å². The third-order valence-corrected chi connectivity index (χ3v) is 3.78. The van der Waals surface area contributed by atoms with Gasteiger partial charge in [-0.05, 0) is 37.4 Å². The maximum absolute atomic E-state index is 3.60. The second-order valence-corrected chi connectivity index (χ2v) is 4.68. The van der Waals surface area contributed by atoms with Crippen molar-refractivity contribution in [2.75, 3.05) is 24.5 Å². The number of nitrogens with zero attached hydrogens (tertiary/aromatic N) is 1. The summed E-state index contributed by atoms with van der Waals surface area (Å²) in [7, 11) is 0. The standard InChI is InChI=1S/C13H18N2/c1-2-4-12(5-3-1)15-9-7-13-11(10-15)6-8-14-13/h1-5,11,13-14H,6-10H2. The molecule has 1 N–H and O–H groups in total. The van der Waals surface area contributed by atoms with E-state index in [1.807, 2.05) is 0 Å². The molecule has 1 aromatic carbocycles. The molecule has 1 aromatic rings. The van der Waals surface area contributed by atoms with Crippen LogP contribution in [-0.4, -0.2) is 25.7 Å². The third-order valence-electron chi connectivity index (χ3n) is 3.78. The Morgan fingerprint density at radius 1 is 1.13 bits per heavy atom. The van der Waals surface area contributed by atoms with Gasteiger partial charge in [-0.3, -0.25) is 0 Å². The number of hydrogen-bond acceptors (Lipinski definition) is 2. The number of fused-ring (bicyclic) bond motifs is 1. The Balaban J connectivity index is 1.74. The van der Waals surface area contributed by atoms with Gasteiger partial charge in [-0.25, -0.2) is 0 Å². The molecule has 2 saturated heterocycles. The zero-order valence-electron chi connectivity index (χ0n) is 9.02. The van der Waals surface area contributed by atoms with Gasteiger partial charge in [0.25, 0.3) is 0 Å². The van der Waals surface area contributed by atoms with Crippen molar-refractivity contribution < 1.29 is 0 Å². The van der Waals surface area contributed by atoms with E-state index < -0.39 is 0 Å². The van der Waals surface area contributed by atoms with Crippen LogP contribution in [-0.2, 0) is 0 Å². The Bertz CT molecular complexity index is 323. The number of piperidine rings is 1. The molecule has 0 saturated carbocycles. The van der Waals surface area contributed by atoms with Gasteiger partial charge in [0.15, 0.2) is 0 Å². The lowest BCUT2D eigenvalue weighted by Gasteiger charge is -2.36. The first-order valence-electron chi connectivity index (χ1n) is 5.97. The highest BCUT2D eigenvalue weighted by atomic mass is 15.2. The summed E-state index contributed by atoms with van der Waals surface area (Å²) in [6.07, 6.45) is 2.66. The first-order chi connectivity index (χ1) is 7.43. The monoisotopic (exact) mass is 202 g/mol.